The van der Waals surface area contributed by atoms with Gasteiger partial charge in [0.25, 0.3) is 0 Å². The van der Waals surface area contributed by atoms with Gasteiger partial charge in [0.15, 0.2) is 0 Å². The molecule has 132 valence electrons. The van der Waals surface area contributed by atoms with Crippen LogP contribution in [0.5, 0.6) is 5.88 Å². The fourth-order valence-electron chi connectivity index (χ4n) is 2.44. The van der Waals surface area contributed by atoms with E-state index in [0.29, 0.717) is 18.2 Å². The topological polar surface area (TPSA) is 106 Å². The highest BCUT2D eigenvalue weighted by molar-refractivity contribution is 5.92. The van der Waals surface area contributed by atoms with Crippen molar-refractivity contribution in [3.63, 3.8) is 0 Å². The number of rotatable bonds is 7. The van der Waals surface area contributed by atoms with Gasteiger partial charge in [-0.25, -0.2) is 9.78 Å². The Morgan fingerprint density at radius 3 is 2.76 bits per heavy atom. The van der Waals surface area contributed by atoms with Gasteiger partial charge in [0, 0.05) is 6.20 Å². The number of urea groups is 1. The van der Waals surface area contributed by atoms with E-state index in [0.717, 1.165) is 11.1 Å². The maximum absolute atomic E-state index is 12.4. The number of hydrogen-bond acceptors (Lipinski definition) is 4. The summed E-state index contributed by atoms with van der Waals surface area (Å²) < 4.78 is 5.39. The van der Waals surface area contributed by atoms with Crippen LogP contribution in [0.2, 0.25) is 0 Å². The van der Waals surface area contributed by atoms with Crippen molar-refractivity contribution in [2.45, 2.75) is 26.3 Å². The summed E-state index contributed by atoms with van der Waals surface area (Å²) in [5, 5.41) is 5.38. The fraction of sp³-hybridized carbons (Fsp3) is 0.278. The van der Waals surface area contributed by atoms with Gasteiger partial charge in [-0.05, 0) is 31.5 Å². The Morgan fingerprint density at radius 2 is 2.08 bits per heavy atom. The van der Waals surface area contributed by atoms with Crippen molar-refractivity contribution in [3.05, 3.63) is 53.7 Å². The largest absolute Gasteiger partial charge is 0.476 e. The molecule has 0 saturated carbocycles. The molecule has 25 heavy (non-hydrogen) atoms. The molecule has 0 radical (unpaired) electrons. The summed E-state index contributed by atoms with van der Waals surface area (Å²) in [6, 6.07) is 9.76. The van der Waals surface area contributed by atoms with Crippen LogP contribution in [-0.2, 0) is 4.79 Å². The Morgan fingerprint density at radius 1 is 1.28 bits per heavy atom. The molecule has 1 atom stereocenters. The predicted molar refractivity (Wildman–Crippen MR) is 95.3 cm³/mol. The Labute approximate surface area is 146 Å². The number of hydrogen-bond donors (Lipinski definition) is 3. The van der Waals surface area contributed by atoms with E-state index >= 15 is 0 Å². The number of pyridine rings is 1. The summed E-state index contributed by atoms with van der Waals surface area (Å²) in [6.07, 6.45) is 1.62. The molecule has 0 bridgehead atoms. The highest BCUT2D eigenvalue weighted by atomic mass is 16.5. The molecule has 2 rings (SSSR count). The third kappa shape index (κ3) is 5.49. The van der Waals surface area contributed by atoms with Crippen molar-refractivity contribution in [2.75, 3.05) is 11.9 Å². The maximum atomic E-state index is 12.4. The lowest BCUT2D eigenvalue weighted by Gasteiger charge is -2.18. The van der Waals surface area contributed by atoms with Crippen LogP contribution in [0.15, 0.2) is 42.6 Å². The first kappa shape index (κ1) is 18.3. The molecule has 0 spiro atoms. The molecular weight excluding hydrogens is 320 g/mol. The van der Waals surface area contributed by atoms with Gasteiger partial charge in [-0.3, -0.25) is 4.79 Å². The third-order valence-corrected chi connectivity index (χ3v) is 3.48. The Balaban J connectivity index is 2.13. The molecule has 0 aliphatic heterocycles. The highest BCUT2D eigenvalue weighted by Crippen LogP contribution is 2.23. The number of nitrogens with one attached hydrogen (secondary N) is 2. The first-order valence-electron chi connectivity index (χ1n) is 7.99. The SMILES string of the molecule is CCOc1ncccc1NC(=O)CC(NC(N)=O)c1cccc(C)c1. The zero-order valence-corrected chi connectivity index (χ0v) is 14.3. The van der Waals surface area contributed by atoms with Gasteiger partial charge in [-0.2, -0.15) is 0 Å². The van der Waals surface area contributed by atoms with Gasteiger partial charge in [0.1, 0.15) is 5.69 Å². The Kier molecular flexibility index (Phi) is 6.33. The number of nitrogens with zero attached hydrogens (tertiary/aromatic N) is 1. The number of benzene rings is 1. The van der Waals surface area contributed by atoms with Crippen LogP contribution in [0, 0.1) is 6.92 Å². The molecule has 0 aliphatic carbocycles. The molecule has 1 unspecified atom stereocenters. The number of nitrogens with two attached hydrogens (primary N) is 1. The van der Waals surface area contributed by atoms with E-state index in [9.17, 15) is 9.59 Å². The van der Waals surface area contributed by atoms with Crippen LogP contribution < -0.4 is 21.1 Å². The molecule has 0 aliphatic rings. The number of aromatic nitrogens is 1. The summed E-state index contributed by atoms with van der Waals surface area (Å²) in [7, 11) is 0. The summed E-state index contributed by atoms with van der Waals surface area (Å²) in [6.45, 7) is 4.22. The molecule has 4 N–H and O–H groups in total. The lowest BCUT2D eigenvalue weighted by molar-refractivity contribution is -0.116. The summed E-state index contributed by atoms with van der Waals surface area (Å²) in [4.78, 5) is 27.8. The number of aryl methyl sites for hydroxylation is 1. The molecule has 7 nitrogen and oxygen atoms in total. The number of primary amides is 1. The lowest BCUT2D eigenvalue weighted by Crippen LogP contribution is -2.35. The van der Waals surface area contributed by atoms with Crippen LogP contribution in [0.25, 0.3) is 0 Å². The van der Waals surface area contributed by atoms with Crippen molar-refractivity contribution in [1.29, 1.82) is 0 Å². The quantitative estimate of drug-likeness (QED) is 0.719. The van der Waals surface area contributed by atoms with Crippen molar-refractivity contribution >= 4 is 17.6 Å². The zero-order chi connectivity index (χ0) is 18.2. The molecule has 7 heteroatoms. The van der Waals surface area contributed by atoms with Crippen LogP contribution in [-0.4, -0.2) is 23.5 Å². The lowest BCUT2D eigenvalue weighted by atomic mass is 10.0. The number of carbonyl (C=O) groups is 2. The molecule has 2 aromatic rings. The Bertz CT molecular complexity index is 749. The molecule has 3 amide bonds. The van der Waals surface area contributed by atoms with E-state index in [1.54, 1.807) is 18.3 Å². The van der Waals surface area contributed by atoms with Gasteiger partial charge < -0.3 is 21.1 Å². The number of anilines is 1. The van der Waals surface area contributed by atoms with E-state index in [4.69, 9.17) is 10.5 Å². The second kappa shape index (κ2) is 8.68. The predicted octanol–water partition coefficient (Wildman–Crippen LogP) is 2.53. The first-order chi connectivity index (χ1) is 12.0. The first-order valence-corrected chi connectivity index (χ1v) is 7.99. The van der Waals surface area contributed by atoms with E-state index in [1.165, 1.54) is 0 Å². The van der Waals surface area contributed by atoms with Gasteiger partial charge in [0.2, 0.25) is 11.8 Å². The third-order valence-electron chi connectivity index (χ3n) is 3.48. The van der Waals surface area contributed by atoms with Crippen molar-refractivity contribution in [1.82, 2.24) is 10.3 Å². The minimum atomic E-state index is -0.685. The van der Waals surface area contributed by atoms with E-state index < -0.39 is 12.1 Å². The minimum absolute atomic E-state index is 0.0346. The Hall–Kier alpha value is -3.09. The zero-order valence-electron chi connectivity index (χ0n) is 14.3. The van der Waals surface area contributed by atoms with Gasteiger partial charge >= 0.3 is 6.03 Å². The van der Waals surface area contributed by atoms with Crippen LogP contribution >= 0.6 is 0 Å². The molecule has 1 aromatic heterocycles. The van der Waals surface area contributed by atoms with Crippen molar-refractivity contribution in [2.24, 2.45) is 5.73 Å². The van der Waals surface area contributed by atoms with Gasteiger partial charge in [0.05, 0.1) is 19.1 Å². The van der Waals surface area contributed by atoms with Gasteiger partial charge in [-0.15, -0.1) is 0 Å². The number of amides is 3. The number of ether oxygens (including phenoxy) is 1. The second-order valence-electron chi connectivity index (χ2n) is 5.52. The van der Waals surface area contributed by atoms with E-state index in [1.807, 2.05) is 38.1 Å². The summed E-state index contributed by atoms with van der Waals surface area (Å²) in [5.41, 5.74) is 7.57. The van der Waals surface area contributed by atoms with Crippen molar-refractivity contribution in [3.8, 4) is 5.88 Å². The molecule has 1 aromatic carbocycles. The highest BCUT2D eigenvalue weighted by Gasteiger charge is 2.19. The van der Waals surface area contributed by atoms with Crippen LogP contribution in [0.4, 0.5) is 10.5 Å². The van der Waals surface area contributed by atoms with Crippen LogP contribution in [0.3, 0.4) is 0 Å². The fourth-order valence-corrected chi connectivity index (χ4v) is 2.44. The van der Waals surface area contributed by atoms with E-state index in [-0.39, 0.29) is 12.3 Å². The summed E-state index contributed by atoms with van der Waals surface area (Å²) >= 11 is 0. The average Bonchev–Trinajstić information content (AvgIpc) is 2.56. The molecule has 0 saturated heterocycles. The normalized spacial score (nSPS) is 11.4. The van der Waals surface area contributed by atoms with E-state index in [2.05, 4.69) is 15.6 Å². The standard InChI is InChI=1S/C18H22N4O3/c1-3-25-17-14(8-5-9-20-17)21-16(23)11-15(22-18(19)24)13-7-4-6-12(2)10-13/h4-10,15H,3,11H2,1-2H3,(H,21,23)(H3,19,22,24). The van der Waals surface area contributed by atoms with Crippen molar-refractivity contribution < 1.29 is 14.3 Å². The smallest absolute Gasteiger partial charge is 0.312 e. The minimum Gasteiger partial charge on any atom is -0.476 e. The monoisotopic (exact) mass is 342 g/mol. The second-order valence-corrected chi connectivity index (χ2v) is 5.52. The maximum Gasteiger partial charge on any atom is 0.312 e. The molecule has 1 heterocycles. The molecule has 0 fully saturated rings. The molecular formula is C18H22N4O3. The number of carbonyl (C=O) groups excluding carboxylic acids is 2. The average molecular weight is 342 g/mol. The summed E-state index contributed by atoms with van der Waals surface area (Å²) in [5.74, 6) is 0.0718. The van der Waals surface area contributed by atoms with Crippen LogP contribution in [0.1, 0.15) is 30.5 Å². The van der Waals surface area contributed by atoms with Gasteiger partial charge in [-0.1, -0.05) is 29.8 Å².